The van der Waals surface area contributed by atoms with E-state index in [9.17, 15) is 14.0 Å². The predicted octanol–water partition coefficient (Wildman–Crippen LogP) is 1.76. The van der Waals surface area contributed by atoms with E-state index in [-0.39, 0.29) is 17.3 Å². The molecule has 0 saturated carbocycles. The maximum absolute atomic E-state index is 13.8. The first-order valence-electron chi connectivity index (χ1n) is 6.94. The van der Waals surface area contributed by atoms with Crippen molar-refractivity contribution in [1.29, 1.82) is 0 Å². The second-order valence-corrected chi connectivity index (χ2v) is 4.97. The maximum atomic E-state index is 13.8. The first-order valence-corrected chi connectivity index (χ1v) is 6.94. The number of rotatable bonds is 3. The van der Waals surface area contributed by atoms with Crippen LogP contribution in [0.25, 0.3) is 0 Å². The van der Waals surface area contributed by atoms with Crippen molar-refractivity contribution in [3.63, 3.8) is 0 Å². The molecule has 0 spiro atoms. The number of para-hydroxylation sites is 1. The third-order valence-electron chi connectivity index (χ3n) is 3.55. The highest BCUT2D eigenvalue weighted by atomic mass is 19.1. The Morgan fingerprint density at radius 2 is 2.00 bits per heavy atom. The van der Waals surface area contributed by atoms with Gasteiger partial charge in [-0.25, -0.2) is 4.39 Å². The highest BCUT2D eigenvalue weighted by molar-refractivity contribution is 6.03. The molecular weight excluding hydrogens is 285 g/mol. The molecule has 1 atom stereocenters. The monoisotopic (exact) mass is 299 g/mol. The fourth-order valence-corrected chi connectivity index (χ4v) is 2.45. The minimum Gasteiger partial charge on any atom is -0.339 e. The molecule has 2 heterocycles. The van der Waals surface area contributed by atoms with Crippen LogP contribution >= 0.6 is 0 Å². The number of halogens is 1. The van der Waals surface area contributed by atoms with Crippen LogP contribution in [0.2, 0.25) is 0 Å². The number of pyridine rings is 1. The lowest BCUT2D eigenvalue weighted by atomic mass is 10.2. The molecule has 22 heavy (non-hydrogen) atoms. The number of aromatic nitrogens is 1. The van der Waals surface area contributed by atoms with Gasteiger partial charge in [-0.1, -0.05) is 18.2 Å². The second kappa shape index (κ2) is 5.93. The zero-order valence-electron chi connectivity index (χ0n) is 11.7. The molecule has 1 aliphatic rings. The number of anilines is 1. The minimum atomic E-state index is -0.658. The van der Waals surface area contributed by atoms with E-state index in [4.69, 9.17) is 0 Å². The Kier molecular flexibility index (Phi) is 3.82. The lowest BCUT2D eigenvalue weighted by Crippen LogP contribution is -2.42. The zero-order valence-corrected chi connectivity index (χ0v) is 11.7. The summed E-state index contributed by atoms with van der Waals surface area (Å²) in [5, 5.41) is 2.65. The molecule has 1 N–H and O–H groups in total. The van der Waals surface area contributed by atoms with E-state index in [1.54, 1.807) is 36.4 Å². The fourth-order valence-electron chi connectivity index (χ4n) is 2.45. The summed E-state index contributed by atoms with van der Waals surface area (Å²) < 4.78 is 13.8. The van der Waals surface area contributed by atoms with E-state index in [0.717, 1.165) is 0 Å². The average molecular weight is 299 g/mol. The molecule has 0 bridgehead atoms. The molecule has 1 aromatic carbocycles. The molecule has 0 aliphatic carbocycles. The number of nitrogens with one attached hydrogen (secondary N) is 1. The van der Waals surface area contributed by atoms with Crippen molar-refractivity contribution in [3.8, 4) is 0 Å². The summed E-state index contributed by atoms with van der Waals surface area (Å²) in [7, 11) is 0. The van der Waals surface area contributed by atoms with Gasteiger partial charge in [0.15, 0.2) is 0 Å². The third kappa shape index (κ3) is 2.67. The SMILES string of the molecule is O=C(NC1CCN(c2ccccc2F)C1=O)c1ccccn1. The molecule has 1 aliphatic heterocycles. The fraction of sp³-hybridized carbons (Fsp3) is 0.188. The molecule has 0 radical (unpaired) electrons. The first kappa shape index (κ1) is 14.2. The molecule has 2 amide bonds. The quantitative estimate of drug-likeness (QED) is 0.939. The van der Waals surface area contributed by atoms with Crippen LogP contribution < -0.4 is 10.2 Å². The highest BCUT2D eigenvalue weighted by Crippen LogP contribution is 2.24. The van der Waals surface area contributed by atoms with Crippen LogP contribution in [0.15, 0.2) is 48.7 Å². The van der Waals surface area contributed by atoms with Gasteiger partial charge in [0, 0.05) is 12.7 Å². The van der Waals surface area contributed by atoms with Crippen molar-refractivity contribution in [3.05, 3.63) is 60.2 Å². The van der Waals surface area contributed by atoms with E-state index in [1.165, 1.54) is 17.2 Å². The van der Waals surface area contributed by atoms with Crippen molar-refractivity contribution in [2.75, 3.05) is 11.4 Å². The summed E-state index contributed by atoms with van der Waals surface area (Å²) in [6, 6.07) is 10.4. The minimum absolute atomic E-state index is 0.238. The van der Waals surface area contributed by atoms with Crippen molar-refractivity contribution in [1.82, 2.24) is 10.3 Å². The molecule has 2 aromatic rings. The summed E-state index contributed by atoms with van der Waals surface area (Å²) in [6.45, 7) is 0.368. The Morgan fingerprint density at radius 3 is 2.73 bits per heavy atom. The van der Waals surface area contributed by atoms with Crippen molar-refractivity contribution < 1.29 is 14.0 Å². The van der Waals surface area contributed by atoms with E-state index >= 15 is 0 Å². The summed E-state index contributed by atoms with van der Waals surface area (Å²) in [5.41, 5.74) is 0.488. The van der Waals surface area contributed by atoms with E-state index in [1.807, 2.05) is 0 Å². The van der Waals surface area contributed by atoms with Gasteiger partial charge in [0.05, 0.1) is 5.69 Å². The van der Waals surface area contributed by atoms with Crippen molar-refractivity contribution in [2.45, 2.75) is 12.5 Å². The van der Waals surface area contributed by atoms with Gasteiger partial charge in [-0.05, 0) is 30.7 Å². The van der Waals surface area contributed by atoms with Crippen molar-refractivity contribution in [2.24, 2.45) is 0 Å². The Bertz CT molecular complexity index is 706. The van der Waals surface area contributed by atoms with Gasteiger partial charge in [0.1, 0.15) is 17.6 Å². The van der Waals surface area contributed by atoms with Gasteiger partial charge >= 0.3 is 0 Å². The molecule has 5 nitrogen and oxygen atoms in total. The van der Waals surface area contributed by atoms with Gasteiger partial charge in [-0.2, -0.15) is 0 Å². The summed E-state index contributed by atoms with van der Waals surface area (Å²) in [5.74, 6) is -1.17. The summed E-state index contributed by atoms with van der Waals surface area (Å²) in [4.78, 5) is 29.7. The van der Waals surface area contributed by atoms with Gasteiger partial charge in [0.2, 0.25) is 5.91 Å². The Morgan fingerprint density at radius 1 is 1.23 bits per heavy atom. The molecule has 6 heteroatoms. The van der Waals surface area contributed by atoms with E-state index < -0.39 is 17.8 Å². The Hall–Kier alpha value is -2.76. The van der Waals surface area contributed by atoms with Crippen LogP contribution in [0, 0.1) is 5.82 Å². The lowest BCUT2D eigenvalue weighted by molar-refractivity contribution is -0.118. The normalized spacial score (nSPS) is 17.6. The number of nitrogens with zero attached hydrogens (tertiary/aromatic N) is 2. The number of hydrogen-bond acceptors (Lipinski definition) is 3. The molecule has 1 saturated heterocycles. The predicted molar refractivity (Wildman–Crippen MR) is 78.9 cm³/mol. The van der Waals surface area contributed by atoms with Crippen molar-refractivity contribution >= 4 is 17.5 Å². The zero-order chi connectivity index (χ0) is 15.5. The lowest BCUT2D eigenvalue weighted by Gasteiger charge is -2.17. The van der Waals surface area contributed by atoms with Crippen LogP contribution in [0.3, 0.4) is 0 Å². The smallest absolute Gasteiger partial charge is 0.270 e. The number of amides is 2. The third-order valence-corrected chi connectivity index (χ3v) is 3.55. The standard InChI is InChI=1S/C16H14FN3O2/c17-11-5-1-2-7-14(11)20-10-8-13(16(20)22)19-15(21)12-6-3-4-9-18-12/h1-7,9,13H,8,10H2,(H,19,21). The Labute approximate surface area is 126 Å². The van der Waals surface area contributed by atoms with Gasteiger partial charge in [0.25, 0.3) is 5.91 Å². The largest absolute Gasteiger partial charge is 0.339 e. The average Bonchev–Trinajstić information content (AvgIpc) is 2.90. The number of hydrogen-bond donors (Lipinski definition) is 1. The first-order chi connectivity index (χ1) is 10.7. The van der Waals surface area contributed by atoms with Crippen LogP contribution in [0.1, 0.15) is 16.9 Å². The second-order valence-electron chi connectivity index (χ2n) is 4.97. The van der Waals surface area contributed by atoms with Crippen LogP contribution in [0.4, 0.5) is 10.1 Å². The number of benzene rings is 1. The van der Waals surface area contributed by atoms with E-state index in [2.05, 4.69) is 10.3 Å². The van der Waals surface area contributed by atoms with Gasteiger partial charge in [-0.15, -0.1) is 0 Å². The highest BCUT2D eigenvalue weighted by Gasteiger charge is 2.34. The van der Waals surface area contributed by atoms with Crippen LogP contribution in [-0.4, -0.2) is 29.4 Å². The summed E-state index contributed by atoms with van der Waals surface area (Å²) >= 11 is 0. The molecule has 1 unspecified atom stereocenters. The topological polar surface area (TPSA) is 62.3 Å². The number of carbonyl (C=O) groups is 2. The molecule has 1 fully saturated rings. The maximum Gasteiger partial charge on any atom is 0.270 e. The van der Waals surface area contributed by atoms with E-state index in [0.29, 0.717) is 13.0 Å². The van der Waals surface area contributed by atoms with Crippen LogP contribution in [0.5, 0.6) is 0 Å². The number of carbonyl (C=O) groups excluding carboxylic acids is 2. The van der Waals surface area contributed by atoms with Gasteiger partial charge < -0.3 is 10.2 Å². The molecule has 3 rings (SSSR count). The molecular formula is C16H14FN3O2. The summed E-state index contributed by atoms with van der Waals surface area (Å²) in [6.07, 6.45) is 1.95. The van der Waals surface area contributed by atoms with Crippen LogP contribution in [-0.2, 0) is 4.79 Å². The Balaban J connectivity index is 1.72. The van der Waals surface area contributed by atoms with Gasteiger partial charge in [-0.3, -0.25) is 14.6 Å². The molecule has 1 aromatic heterocycles. The molecule has 112 valence electrons.